The van der Waals surface area contributed by atoms with E-state index in [4.69, 9.17) is 4.74 Å². The van der Waals surface area contributed by atoms with Gasteiger partial charge < -0.3 is 10.1 Å². The molecule has 0 aromatic rings. The molecule has 3 unspecified atom stereocenters. The van der Waals surface area contributed by atoms with E-state index >= 15 is 0 Å². The number of hydrogen-bond acceptors (Lipinski definition) is 3. The predicted molar refractivity (Wildman–Crippen MR) is 89.6 cm³/mol. The molecule has 1 aliphatic heterocycles. The summed E-state index contributed by atoms with van der Waals surface area (Å²) < 4.78 is 5.80. The number of hydrogen-bond donors (Lipinski definition) is 1. The van der Waals surface area contributed by atoms with Crippen LogP contribution in [-0.2, 0) is 4.74 Å². The molecule has 2 rings (SSSR count). The lowest BCUT2D eigenvalue weighted by Gasteiger charge is -2.44. The van der Waals surface area contributed by atoms with Gasteiger partial charge in [0.2, 0.25) is 0 Å². The lowest BCUT2D eigenvalue weighted by Crippen LogP contribution is -2.60. The molecule has 0 aromatic carbocycles. The van der Waals surface area contributed by atoms with E-state index < -0.39 is 0 Å². The quantitative estimate of drug-likeness (QED) is 0.662. The van der Waals surface area contributed by atoms with Gasteiger partial charge in [-0.15, -0.1) is 0 Å². The van der Waals surface area contributed by atoms with Crippen molar-refractivity contribution in [2.45, 2.75) is 65.5 Å². The summed E-state index contributed by atoms with van der Waals surface area (Å²) in [6.07, 6.45) is 5.24. The Morgan fingerprint density at radius 2 is 2.00 bits per heavy atom. The van der Waals surface area contributed by atoms with Crippen molar-refractivity contribution >= 4 is 0 Å². The number of nitrogens with zero attached hydrogens (tertiary/aromatic N) is 1. The van der Waals surface area contributed by atoms with Crippen LogP contribution in [0.3, 0.4) is 0 Å². The Labute approximate surface area is 131 Å². The molecule has 0 amide bonds. The summed E-state index contributed by atoms with van der Waals surface area (Å²) in [7, 11) is 0. The van der Waals surface area contributed by atoms with Gasteiger partial charge in [0, 0.05) is 44.9 Å². The smallest absolute Gasteiger partial charge is 0.0494 e. The first-order chi connectivity index (χ1) is 10.1. The molecule has 0 spiro atoms. The standard InChI is InChI=1S/C18H36N2O/c1-5-15(4)17-12-20(18(11-19-17)14(2)3)9-6-10-21-13-16-7-8-16/h14-19H,5-13H2,1-4H3. The average Bonchev–Trinajstić information content (AvgIpc) is 3.29. The molecule has 3 atom stereocenters. The van der Waals surface area contributed by atoms with Gasteiger partial charge in [-0.05, 0) is 37.0 Å². The fraction of sp³-hybridized carbons (Fsp3) is 1.00. The van der Waals surface area contributed by atoms with E-state index in [0.717, 1.165) is 37.5 Å². The third-order valence-corrected chi connectivity index (χ3v) is 5.37. The molecule has 0 bridgehead atoms. The van der Waals surface area contributed by atoms with Gasteiger partial charge in [0.05, 0.1) is 0 Å². The van der Waals surface area contributed by atoms with Crippen molar-refractivity contribution in [3.63, 3.8) is 0 Å². The molecular formula is C18H36N2O. The molecule has 1 heterocycles. The molecule has 2 aliphatic rings. The Morgan fingerprint density at radius 3 is 2.62 bits per heavy atom. The summed E-state index contributed by atoms with van der Waals surface area (Å²) in [6, 6.07) is 1.35. The van der Waals surface area contributed by atoms with E-state index in [2.05, 4.69) is 37.9 Å². The zero-order chi connectivity index (χ0) is 15.2. The molecule has 21 heavy (non-hydrogen) atoms. The van der Waals surface area contributed by atoms with Gasteiger partial charge in [0.25, 0.3) is 0 Å². The van der Waals surface area contributed by atoms with E-state index in [1.165, 1.54) is 38.8 Å². The fourth-order valence-corrected chi connectivity index (χ4v) is 3.34. The molecule has 0 radical (unpaired) electrons. The molecule has 1 aliphatic carbocycles. The third-order valence-electron chi connectivity index (χ3n) is 5.37. The summed E-state index contributed by atoms with van der Waals surface area (Å²) in [5, 5.41) is 3.78. The van der Waals surface area contributed by atoms with E-state index in [1.54, 1.807) is 0 Å². The highest BCUT2D eigenvalue weighted by Crippen LogP contribution is 2.28. The summed E-state index contributed by atoms with van der Waals surface area (Å²) in [4.78, 5) is 2.72. The molecule has 1 N–H and O–H groups in total. The molecule has 0 aromatic heterocycles. The summed E-state index contributed by atoms with van der Waals surface area (Å²) in [5.41, 5.74) is 0. The summed E-state index contributed by atoms with van der Waals surface area (Å²) in [5.74, 6) is 2.39. The zero-order valence-electron chi connectivity index (χ0n) is 14.6. The van der Waals surface area contributed by atoms with Crippen molar-refractivity contribution in [2.24, 2.45) is 17.8 Å². The third kappa shape index (κ3) is 5.54. The minimum absolute atomic E-state index is 0.664. The lowest BCUT2D eigenvalue weighted by atomic mass is 9.92. The van der Waals surface area contributed by atoms with Crippen LogP contribution < -0.4 is 5.32 Å². The second kappa shape index (κ2) is 8.50. The number of nitrogens with one attached hydrogen (secondary N) is 1. The molecule has 124 valence electrons. The molecule has 3 nitrogen and oxygen atoms in total. The molecule has 2 fully saturated rings. The fourth-order valence-electron chi connectivity index (χ4n) is 3.34. The van der Waals surface area contributed by atoms with Crippen LogP contribution in [0.4, 0.5) is 0 Å². The second-order valence-corrected chi connectivity index (χ2v) is 7.58. The first-order valence-electron chi connectivity index (χ1n) is 9.17. The van der Waals surface area contributed by atoms with Crippen LogP contribution in [0.15, 0.2) is 0 Å². The highest BCUT2D eigenvalue weighted by Gasteiger charge is 2.31. The Hall–Kier alpha value is -0.120. The largest absolute Gasteiger partial charge is 0.381 e. The lowest BCUT2D eigenvalue weighted by molar-refractivity contribution is 0.0625. The Bertz CT molecular complexity index is 291. The van der Waals surface area contributed by atoms with Crippen molar-refractivity contribution < 1.29 is 4.74 Å². The summed E-state index contributed by atoms with van der Waals surface area (Å²) >= 11 is 0. The first kappa shape index (κ1) is 17.2. The summed E-state index contributed by atoms with van der Waals surface area (Å²) in [6.45, 7) is 14.9. The first-order valence-corrected chi connectivity index (χ1v) is 9.17. The Kier molecular flexibility index (Phi) is 6.97. The van der Waals surface area contributed by atoms with Crippen molar-refractivity contribution in [2.75, 3.05) is 32.8 Å². The number of rotatable bonds is 9. The van der Waals surface area contributed by atoms with E-state index in [1.807, 2.05) is 0 Å². The molecule has 1 saturated carbocycles. The maximum absolute atomic E-state index is 5.80. The minimum Gasteiger partial charge on any atom is -0.381 e. The normalized spacial score (nSPS) is 29.0. The molecule has 3 heteroatoms. The van der Waals surface area contributed by atoms with Crippen LogP contribution >= 0.6 is 0 Å². The van der Waals surface area contributed by atoms with Gasteiger partial charge in [0.1, 0.15) is 0 Å². The van der Waals surface area contributed by atoms with Crippen LogP contribution in [0.25, 0.3) is 0 Å². The zero-order valence-corrected chi connectivity index (χ0v) is 14.6. The van der Waals surface area contributed by atoms with Gasteiger partial charge in [-0.3, -0.25) is 4.90 Å². The molecular weight excluding hydrogens is 260 g/mol. The van der Waals surface area contributed by atoms with E-state index in [-0.39, 0.29) is 0 Å². The highest BCUT2D eigenvalue weighted by atomic mass is 16.5. The van der Waals surface area contributed by atoms with Crippen molar-refractivity contribution in [1.29, 1.82) is 0 Å². The van der Waals surface area contributed by atoms with Crippen molar-refractivity contribution in [3.8, 4) is 0 Å². The average molecular weight is 296 g/mol. The minimum atomic E-state index is 0.664. The van der Waals surface area contributed by atoms with Crippen LogP contribution in [0, 0.1) is 17.8 Å². The van der Waals surface area contributed by atoms with Crippen molar-refractivity contribution in [3.05, 3.63) is 0 Å². The number of ether oxygens (including phenoxy) is 1. The number of piperazine rings is 1. The van der Waals surface area contributed by atoms with Crippen LogP contribution in [0.1, 0.15) is 53.4 Å². The monoisotopic (exact) mass is 296 g/mol. The second-order valence-electron chi connectivity index (χ2n) is 7.58. The maximum atomic E-state index is 5.80. The maximum Gasteiger partial charge on any atom is 0.0494 e. The predicted octanol–water partition coefficient (Wildman–Crippen LogP) is 3.15. The van der Waals surface area contributed by atoms with Gasteiger partial charge in [-0.1, -0.05) is 34.1 Å². The molecule has 1 saturated heterocycles. The van der Waals surface area contributed by atoms with Gasteiger partial charge in [-0.25, -0.2) is 0 Å². The van der Waals surface area contributed by atoms with Gasteiger partial charge in [-0.2, -0.15) is 0 Å². The van der Waals surface area contributed by atoms with Gasteiger partial charge in [0.15, 0.2) is 0 Å². The Balaban J connectivity index is 1.73. The van der Waals surface area contributed by atoms with E-state index in [0.29, 0.717) is 12.1 Å². The van der Waals surface area contributed by atoms with E-state index in [9.17, 15) is 0 Å². The van der Waals surface area contributed by atoms with Crippen LogP contribution in [0.5, 0.6) is 0 Å². The highest BCUT2D eigenvalue weighted by molar-refractivity contribution is 4.89. The SMILES string of the molecule is CCC(C)C1CN(CCCOCC2CC2)C(C(C)C)CN1. The topological polar surface area (TPSA) is 24.5 Å². The Morgan fingerprint density at radius 1 is 1.24 bits per heavy atom. The van der Waals surface area contributed by atoms with Gasteiger partial charge >= 0.3 is 0 Å². The van der Waals surface area contributed by atoms with Crippen LogP contribution in [-0.4, -0.2) is 49.8 Å². The van der Waals surface area contributed by atoms with Crippen molar-refractivity contribution in [1.82, 2.24) is 10.2 Å². The van der Waals surface area contributed by atoms with Crippen LogP contribution in [0.2, 0.25) is 0 Å².